The van der Waals surface area contributed by atoms with Gasteiger partial charge >= 0.3 is 6.09 Å². The Bertz CT molecular complexity index is 1530. The molecule has 1 fully saturated rings. The van der Waals surface area contributed by atoms with Crippen molar-refractivity contribution in [3.8, 4) is 23.0 Å². The predicted octanol–water partition coefficient (Wildman–Crippen LogP) is 5.21. The molecule has 5 N–H and O–H groups in total. The molecule has 0 saturated heterocycles. The van der Waals surface area contributed by atoms with E-state index in [-0.39, 0.29) is 16.6 Å². The molecule has 1 aliphatic carbocycles. The molecule has 0 spiro atoms. The van der Waals surface area contributed by atoms with Crippen molar-refractivity contribution in [3.05, 3.63) is 83.0 Å². The highest BCUT2D eigenvalue weighted by Gasteiger charge is 2.34. The molecule has 10 heteroatoms. The third-order valence-corrected chi connectivity index (χ3v) is 6.34. The lowest BCUT2D eigenvalue weighted by atomic mass is 10.1. The van der Waals surface area contributed by atoms with Crippen LogP contribution >= 0.6 is 11.6 Å². The molecule has 0 aliphatic heterocycles. The molecule has 1 aromatic heterocycles. The van der Waals surface area contributed by atoms with Gasteiger partial charge in [-0.25, -0.2) is 4.79 Å². The van der Waals surface area contributed by atoms with Gasteiger partial charge in [-0.3, -0.25) is 15.1 Å². The minimum atomic E-state index is -0.680. The number of nitrogens with one attached hydrogen (secondary N) is 1. The number of rotatable bonds is 7. The fourth-order valence-corrected chi connectivity index (χ4v) is 4.25. The number of ether oxygens (including phenoxy) is 3. The molecule has 4 aromatic rings. The summed E-state index contributed by atoms with van der Waals surface area (Å²) >= 11 is 6.40. The van der Waals surface area contributed by atoms with E-state index in [4.69, 9.17) is 37.3 Å². The molecule has 188 valence electrons. The smallest absolute Gasteiger partial charge is 0.417 e. The zero-order valence-corrected chi connectivity index (χ0v) is 20.5. The Kier molecular flexibility index (Phi) is 6.56. The molecule has 37 heavy (non-hydrogen) atoms. The maximum absolute atomic E-state index is 12.5. The van der Waals surface area contributed by atoms with Crippen LogP contribution in [0.1, 0.15) is 28.3 Å². The summed E-state index contributed by atoms with van der Waals surface area (Å²) in [4.78, 5) is 28.6. The number of fused-ring (bicyclic) bond motifs is 1. The second-order valence-electron chi connectivity index (χ2n) is 8.58. The minimum absolute atomic E-state index is 0.154. The van der Waals surface area contributed by atoms with E-state index >= 15 is 0 Å². The lowest BCUT2D eigenvalue weighted by Gasteiger charge is -2.13. The third kappa shape index (κ3) is 5.28. The van der Waals surface area contributed by atoms with Gasteiger partial charge in [-0.05, 0) is 48.4 Å². The summed E-state index contributed by atoms with van der Waals surface area (Å²) in [5, 5.41) is 3.44. The number of hydrogen-bond donors (Lipinski definition) is 3. The van der Waals surface area contributed by atoms with Gasteiger partial charge in [-0.2, -0.15) is 0 Å². The highest BCUT2D eigenvalue weighted by atomic mass is 35.5. The molecular weight excluding hydrogens is 496 g/mol. The van der Waals surface area contributed by atoms with Crippen molar-refractivity contribution in [2.24, 2.45) is 11.5 Å². The van der Waals surface area contributed by atoms with E-state index < -0.39 is 12.0 Å². The maximum atomic E-state index is 12.5. The van der Waals surface area contributed by atoms with Gasteiger partial charge in [-0.15, -0.1) is 0 Å². The molecule has 0 bridgehead atoms. The minimum Gasteiger partial charge on any atom is -0.496 e. The average Bonchev–Trinajstić information content (AvgIpc) is 3.61. The van der Waals surface area contributed by atoms with Crippen molar-refractivity contribution in [2.75, 3.05) is 12.4 Å². The molecular formula is C27H23ClN4O5. The zero-order valence-electron chi connectivity index (χ0n) is 19.7. The summed E-state index contributed by atoms with van der Waals surface area (Å²) in [6.45, 7) is 0. The normalized spacial score (nSPS) is 16.2. The molecule has 9 nitrogen and oxygen atoms in total. The van der Waals surface area contributed by atoms with Crippen molar-refractivity contribution in [3.63, 3.8) is 0 Å². The number of methoxy groups -OCH3 is 1. The maximum Gasteiger partial charge on any atom is 0.417 e. The highest BCUT2D eigenvalue weighted by Crippen LogP contribution is 2.40. The largest absolute Gasteiger partial charge is 0.496 e. The summed E-state index contributed by atoms with van der Waals surface area (Å²) in [5.74, 6) is 1.24. The number of aromatic nitrogens is 1. The van der Waals surface area contributed by atoms with Crippen molar-refractivity contribution >= 4 is 40.2 Å². The fraction of sp³-hybridized carbons (Fsp3) is 0.148. The third-order valence-electron chi connectivity index (χ3n) is 6.03. The van der Waals surface area contributed by atoms with E-state index in [0.29, 0.717) is 45.5 Å². The summed E-state index contributed by atoms with van der Waals surface area (Å²) in [7, 11) is 1.45. The van der Waals surface area contributed by atoms with E-state index in [1.807, 2.05) is 18.2 Å². The standard InChI is InChI=1S/C27H23ClN4O5/c1-35-25-13-23-18(11-19(25)26(30)33)24(7-8-31-23)36-16-5-6-22(20(28)10-16)32-27(34)37-15-4-2-3-14(9-15)17-12-21(17)29/h2-11,13,17,21H,12,29H2,1H3,(H2,30,33)(H,32,34). The summed E-state index contributed by atoms with van der Waals surface area (Å²) in [6.07, 6.45) is 1.82. The van der Waals surface area contributed by atoms with Crippen LogP contribution in [-0.4, -0.2) is 30.1 Å². The van der Waals surface area contributed by atoms with Gasteiger partial charge < -0.3 is 25.7 Å². The quantitative estimate of drug-likeness (QED) is 0.305. The summed E-state index contributed by atoms with van der Waals surface area (Å²) in [6, 6.07) is 17.1. The van der Waals surface area contributed by atoms with Crippen molar-refractivity contribution in [2.45, 2.75) is 18.4 Å². The number of benzene rings is 3. The van der Waals surface area contributed by atoms with Crippen molar-refractivity contribution in [1.29, 1.82) is 0 Å². The highest BCUT2D eigenvalue weighted by molar-refractivity contribution is 6.33. The number of carbonyl (C=O) groups is 2. The van der Waals surface area contributed by atoms with Crippen molar-refractivity contribution < 1.29 is 23.8 Å². The van der Waals surface area contributed by atoms with Crippen LogP contribution in [0.2, 0.25) is 5.02 Å². The number of anilines is 1. The van der Waals surface area contributed by atoms with Gasteiger partial charge in [0.25, 0.3) is 5.91 Å². The van der Waals surface area contributed by atoms with E-state index in [1.165, 1.54) is 7.11 Å². The topological polar surface area (TPSA) is 139 Å². The fourth-order valence-electron chi connectivity index (χ4n) is 4.04. The first-order valence-corrected chi connectivity index (χ1v) is 11.8. The molecule has 2 atom stereocenters. The number of halogens is 1. The molecule has 3 aromatic carbocycles. The Balaban J connectivity index is 1.31. The molecule has 1 heterocycles. The molecule has 1 saturated carbocycles. The lowest BCUT2D eigenvalue weighted by Crippen LogP contribution is -2.17. The Morgan fingerprint density at radius 2 is 1.86 bits per heavy atom. The lowest BCUT2D eigenvalue weighted by molar-refractivity contribution is 0.0997. The molecule has 2 amide bonds. The Labute approximate surface area is 217 Å². The van der Waals surface area contributed by atoms with Gasteiger partial charge in [0.05, 0.1) is 28.9 Å². The van der Waals surface area contributed by atoms with Gasteiger partial charge in [-0.1, -0.05) is 23.7 Å². The number of amides is 2. The van der Waals surface area contributed by atoms with Gasteiger partial charge in [0.2, 0.25) is 0 Å². The van der Waals surface area contributed by atoms with Gasteiger partial charge in [0.1, 0.15) is 23.0 Å². The van der Waals surface area contributed by atoms with Crippen LogP contribution in [0.25, 0.3) is 10.9 Å². The first-order chi connectivity index (χ1) is 17.8. The van der Waals surface area contributed by atoms with Crippen LogP contribution < -0.4 is 31.0 Å². The van der Waals surface area contributed by atoms with Gasteiger partial charge in [0, 0.05) is 35.7 Å². The van der Waals surface area contributed by atoms with Crippen LogP contribution in [0.3, 0.4) is 0 Å². The summed E-state index contributed by atoms with van der Waals surface area (Å²) < 4.78 is 16.7. The molecule has 2 unspecified atom stereocenters. The first kappa shape index (κ1) is 24.4. The average molecular weight is 519 g/mol. The predicted molar refractivity (Wildman–Crippen MR) is 140 cm³/mol. The van der Waals surface area contributed by atoms with E-state index in [1.54, 1.807) is 48.7 Å². The van der Waals surface area contributed by atoms with Gasteiger partial charge in [0.15, 0.2) is 0 Å². The van der Waals surface area contributed by atoms with Crippen LogP contribution in [0.5, 0.6) is 23.0 Å². The zero-order chi connectivity index (χ0) is 26.1. The number of primary amides is 1. The molecule has 5 rings (SSSR count). The Morgan fingerprint density at radius 1 is 1.05 bits per heavy atom. The summed E-state index contributed by atoms with van der Waals surface area (Å²) in [5.41, 5.74) is 13.6. The van der Waals surface area contributed by atoms with Crippen LogP contribution in [0.15, 0.2) is 66.9 Å². The number of carbonyl (C=O) groups excluding carboxylic acids is 2. The van der Waals surface area contributed by atoms with Crippen molar-refractivity contribution in [1.82, 2.24) is 4.98 Å². The van der Waals surface area contributed by atoms with Crippen LogP contribution in [-0.2, 0) is 0 Å². The second kappa shape index (κ2) is 9.96. The van der Waals surface area contributed by atoms with E-state index in [9.17, 15) is 9.59 Å². The SMILES string of the molecule is COc1cc2nccc(Oc3ccc(NC(=O)Oc4cccc(C5CC5N)c4)c(Cl)c3)c2cc1C(N)=O. The van der Waals surface area contributed by atoms with E-state index in [0.717, 1.165) is 12.0 Å². The Morgan fingerprint density at radius 3 is 2.57 bits per heavy atom. The number of nitrogens with zero attached hydrogens (tertiary/aromatic N) is 1. The number of pyridine rings is 1. The van der Waals surface area contributed by atoms with E-state index in [2.05, 4.69) is 10.3 Å². The second-order valence-corrected chi connectivity index (χ2v) is 8.99. The van der Waals surface area contributed by atoms with Crippen LogP contribution in [0, 0.1) is 0 Å². The van der Waals surface area contributed by atoms with Crippen LogP contribution in [0.4, 0.5) is 10.5 Å². The Hall–Kier alpha value is -4.34. The monoisotopic (exact) mass is 518 g/mol. The molecule has 1 aliphatic rings. The molecule has 0 radical (unpaired) electrons. The first-order valence-electron chi connectivity index (χ1n) is 11.4. The number of hydrogen-bond acceptors (Lipinski definition) is 7. The number of nitrogens with two attached hydrogens (primary N) is 2.